The van der Waals surface area contributed by atoms with Crippen LogP contribution in [0.5, 0.6) is 17.2 Å². The Hall–Kier alpha value is -4.60. The van der Waals surface area contributed by atoms with Crippen molar-refractivity contribution >= 4 is 28.5 Å². The first-order valence-corrected chi connectivity index (χ1v) is 13.4. The van der Waals surface area contributed by atoms with E-state index in [0.717, 1.165) is 32.1 Å². The van der Waals surface area contributed by atoms with Gasteiger partial charge in [0.25, 0.3) is 0 Å². The van der Waals surface area contributed by atoms with Crippen LogP contribution >= 0.6 is 0 Å². The van der Waals surface area contributed by atoms with E-state index in [1.54, 1.807) is 30.3 Å². The van der Waals surface area contributed by atoms with Crippen molar-refractivity contribution in [2.75, 3.05) is 19.1 Å². The van der Waals surface area contributed by atoms with Crippen molar-refractivity contribution < 1.29 is 24.2 Å². The lowest BCUT2D eigenvalue weighted by Crippen LogP contribution is -2.48. The summed E-state index contributed by atoms with van der Waals surface area (Å²) in [6, 6.07) is 17.8. The van der Waals surface area contributed by atoms with Crippen LogP contribution in [0.3, 0.4) is 0 Å². The van der Waals surface area contributed by atoms with Crippen LogP contribution in [0.25, 0.3) is 11.0 Å². The van der Waals surface area contributed by atoms with E-state index >= 15 is 0 Å². The molecule has 2 N–H and O–H groups in total. The molecule has 1 saturated carbocycles. The minimum Gasteiger partial charge on any atom is -0.508 e. The van der Waals surface area contributed by atoms with E-state index in [1.165, 1.54) is 35.9 Å². The van der Waals surface area contributed by atoms with Gasteiger partial charge < -0.3 is 19.9 Å². The first-order chi connectivity index (χ1) is 19.5. The largest absolute Gasteiger partial charge is 0.508 e. The zero-order valence-corrected chi connectivity index (χ0v) is 22.6. The molecule has 1 atom stereocenters. The number of fused-ring (bicyclic) bond motifs is 1. The zero-order chi connectivity index (χ0) is 28.1. The van der Waals surface area contributed by atoms with Crippen LogP contribution in [-0.2, 0) is 16.1 Å². The van der Waals surface area contributed by atoms with E-state index in [-0.39, 0.29) is 30.2 Å². The van der Waals surface area contributed by atoms with Crippen LogP contribution in [0, 0.1) is 0 Å². The number of anilines is 1. The molecule has 5 rings (SSSR count). The molecule has 40 heavy (non-hydrogen) atoms. The second-order valence-corrected chi connectivity index (χ2v) is 9.91. The maximum Gasteiger partial charge on any atom is 0.249 e. The molecular formula is C30H33N5O5. The Bertz CT molecular complexity index is 1460. The molecule has 0 unspecified atom stereocenters. The lowest BCUT2D eigenvalue weighted by molar-refractivity contribution is -0.127. The number of amides is 2. The summed E-state index contributed by atoms with van der Waals surface area (Å²) in [5, 5.41) is 21.5. The number of para-hydroxylation sites is 1. The van der Waals surface area contributed by atoms with Crippen molar-refractivity contribution in [1.82, 2.24) is 20.3 Å². The standard InChI is InChI=1S/C30H33N5O5/c1-39-24-16-22(17-25(18-24)40-2)35(28(37)19-34-27-11-7-6-10-26(27)32-33-34)29(20-12-14-23(36)15-13-20)30(38)31-21-8-4-3-5-9-21/h6-7,10-18,21,29,36H,3-5,8-9,19H2,1-2H3,(H,31,38)/t29-/m1/s1. The van der Waals surface area contributed by atoms with Crippen molar-refractivity contribution in [3.63, 3.8) is 0 Å². The van der Waals surface area contributed by atoms with Crippen LogP contribution in [0.2, 0.25) is 0 Å². The number of nitrogens with zero attached hydrogens (tertiary/aromatic N) is 4. The Kier molecular flexibility index (Phi) is 8.14. The number of carbonyl (C=O) groups excluding carboxylic acids is 2. The maximum atomic E-state index is 14.3. The predicted molar refractivity (Wildman–Crippen MR) is 150 cm³/mol. The summed E-state index contributed by atoms with van der Waals surface area (Å²) >= 11 is 0. The molecule has 1 heterocycles. The fraction of sp³-hybridized carbons (Fsp3) is 0.333. The van der Waals surface area contributed by atoms with E-state index in [0.29, 0.717) is 33.8 Å². The van der Waals surface area contributed by atoms with Crippen LogP contribution in [0.4, 0.5) is 5.69 Å². The van der Waals surface area contributed by atoms with Crippen molar-refractivity contribution in [1.29, 1.82) is 0 Å². The van der Waals surface area contributed by atoms with E-state index < -0.39 is 6.04 Å². The molecule has 0 radical (unpaired) electrons. The Morgan fingerprint density at radius 1 is 1.00 bits per heavy atom. The van der Waals surface area contributed by atoms with E-state index in [4.69, 9.17) is 9.47 Å². The second-order valence-electron chi connectivity index (χ2n) is 9.91. The minimum absolute atomic E-state index is 0.0249. The van der Waals surface area contributed by atoms with Gasteiger partial charge in [-0.25, -0.2) is 4.68 Å². The molecule has 0 spiro atoms. The number of benzene rings is 3. The van der Waals surface area contributed by atoms with Crippen LogP contribution in [-0.4, -0.2) is 52.2 Å². The van der Waals surface area contributed by atoms with Gasteiger partial charge in [-0.05, 0) is 42.7 Å². The number of rotatable bonds is 9. The molecule has 1 aromatic heterocycles. The Morgan fingerprint density at radius 3 is 2.35 bits per heavy atom. The van der Waals surface area contributed by atoms with Gasteiger partial charge in [0, 0.05) is 24.2 Å². The number of methoxy groups -OCH3 is 2. The molecule has 1 fully saturated rings. The average molecular weight is 544 g/mol. The normalized spacial score (nSPS) is 14.4. The monoisotopic (exact) mass is 543 g/mol. The number of hydrogen-bond donors (Lipinski definition) is 2. The van der Waals surface area contributed by atoms with Crippen LogP contribution in [0.15, 0.2) is 66.7 Å². The molecule has 1 aliphatic rings. The fourth-order valence-corrected chi connectivity index (χ4v) is 5.21. The number of hydrogen-bond acceptors (Lipinski definition) is 7. The quantitative estimate of drug-likeness (QED) is 0.322. The molecule has 10 heteroatoms. The fourth-order valence-electron chi connectivity index (χ4n) is 5.21. The summed E-state index contributed by atoms with van der Waals surface area (Å²) in [6.45, 7) is -0.161. The molecule has 0 aliphatic heterocycles. The maximum absolute atomic E-state index is 14.3. The van der Waals surface area contributed by atoms with Gasteiger partial charge in [-0.2, -0.15) is 0 Å². The van der Waals surface area contributed by atoms with Crippen molar-refractivity contribution in [3.05, 3.63) is 72.3 Å². The van der Waals surface area contributed by atoms with Gasteiger partial charge in [0.15, 0.2) is 0 Å². The summed E-state index contributed by atoms with van der Waals surface area (Å²) in [4.78, 5) is 29.8. The summed E-state index contributed by atoms with van der Waals surface area (Å²) in [6.07, 6.45) is 5.02. The molecule has 0 saturated heterocycles. The lowest BCUT2D eigenvalue weighted by atomic mass is 9.94. The summed E-state index contributed by atoms with van der Waals surface area (Å²) in [5.41, 5.74) is 2.33. The highest BCUT2D eigenvalue weighted by molar-refractivity contribution is 6.02. The first kappa shape index (κ1) is 27.0. The van der Waals surface area contributed by atoms with Gasteiger partial charge in [0.1, 0.15) is 35.4 Å². The predicted octanol–water partition coefficient (Wildman–Crippen LogP) is 4.38. The third-order valence-electron chi connectivity index (χ3n) is 7.26. The van der Waals surface area contributed by atoms with Gasteiger partial charge in [-0.1, -0.05) is 48.7 Å². The molecule has 208 valence electrons. The summed E-state index contributed by atoms with van der Waals surface area (Å²) < 4.78 is 12.5. The van der Waals surface area contributed by atoms with Gasteiger partial charge in [0.05, 0.1) is 25.4 Å². The molecular weight excluding hydrogens is 510 g/mol. The molecule has 1 aliphatic carbocycles. The number of phenolic OH excluding ortho intramolecular Hbond substituents is 1. The first-order valence-electron chi connectivity index (χ1n) is 13.4. The van der Waals surface area contributed by atoms with Gasteiger partial charge in [-0.3, -0.25) is 14.5 Å². The van der Waals surface area contributed by atoms with Crippen molar-refractivity contribution in [2.24, 2.45) is 0 Å². The van der Waals surface area contributed by atoms with Crippen LogP contribution < -0.4 is 19.7 Å². The second kappa shape index (κ2) is 12.1. The number of ether oxygens (including phenoxy) is 2. The zero-order valence-electron chi connectivity index (χ0n) is 22.6. The Morgan fingerprint density at radius 2 is 1.68 bits per heavy atom. The third kappa shape index (κ3) is 5.85. The van der Waals surface area contributed by atoms with Gasteiger partial charge in [0.2, 0.25) is 11.8 Å². The Labute approximate surface area is 232 Å². The smallest absolute Gasteiger partial charge is 0.249 e. The highest BCUT2D eigenvalue weighted by Crippen LogP contribution is 2.35. The van der Waals surface area contributed by atoms with Crippen molar-refractivity contribution in [2.45, 2.75) is 50.7 Å². The van der Waals surface area contributed by atoms with E-state index in [9.17, 15) is 14.7 Å². The van der Waals surface area contributed by atoms with Gasteiger partial charge in [-0.15, -0.1) is 5.10 Å². The third-order valence-corrected chi connectivity index (χ3v) is 7.26. The molecule has 10 nitrogen and oxygen atoms in total. The highest BCUT2D eigenvalue weighted by Gasteiger charge is 2.35. The number of aromatic nitrogens is 3. The van der Waals surface area contributed by atoms with E-state index in [1.807, 2.05) is 24.3 Å². The average Bonchev–Trinajstić information content (AvgIpc) is 3.39. The number of aromatic hydroxyl groups is 1. The molecule has 3 aromatic carbocycles. The van der Waals surface area contributed by atoms with E-state index in [2.05, 4.69) is 15.6 Å². The van der Waals surface area contributed by atoms with Gasteiger partial charge >= 0.3 is 0 Å². The lowest BCUT2D eigenvalue weighted by Gasteiger charge is -2.33. The molecule has 4 aromatic rings. The van der Waals surface area contributed by atoms with Crippen molar-refractivity contribution in [3.8, 4) is 17.2 Å². The molecule has 2 amide bonds. The number of nitrogens with one attached hydrogen (secondary N) is 1. The molecule has 0 bridgehead atoms. The Balaban J connectivity index is 1.61. The highest BCUT2D eigenvalue weighted by atomic mass is 16.5. The topological polar surface area (TPSA) is 119 Å². The minimum atomic E-state index is -1.04. The summed E-state index contributed by atoms with van der Waals surface area (Å²) in [7, 11) is 3.05. The number of phenols is 1. The van der Waals surface area contributed by atoms with Crippen LogP contribution in [0.1, 0.15) is 43.7 Å². The SMILES string of the molecule is COc1cc(OC)cc(N(C(=O)Cn2nnc3ccccc32)[C@@H](C(=O)NC2CCCCC2)c2ccc(O)cc2)c1. The number of carbonyl (C=O) groups is 2. The summed E-state index contributed by atoms with van der Waals surface area (Å²) in [5.74, 6) is 0.301.